The quantitative estimate of drug-likeness (QED) is 0.221. The maximum absolute atomic E-state index is 13.6. The van der Waals surface area contributed by atoms with Crippen LogP contribution in [0.4, 0.5) is 0 Å². The Balaban J connectivity index is 2.17. The van der Waals surface area contributed by atoms with Gasteiger partial charge in [-0.3, -0.25) is 4.79 Å². The molecule has 2 aliphatic rings. The third kappa shape index (κ3) is 6.61. The molecule has 2 unspecified atom stereocenters. The van der Waals surface area contributed by atoms with E-state index in [1.807, 2.05) is 13.8 Å². The molecule has 31 heavy (non-hydrogen) atoms. The van der Waals surface area contributed by atoms with E-state index < -0.39 is 41.0 Å². The molecule has 0 bridgehead atoms. The molecule has 0 aromatic heterocycles. The standard InChI is InChI=1S/C18H38BN5O6S/c1-4-8-24(16-11-30-10-15(16)22-17(25)13(2)20)31(28,29)23-9-14(18(3,21)12-23)6-5-7-19(26)27/h13-16,26-27H,4-12,20-21H2,1-3H3,(H,22,25)/t13-,14-,15?,16?,18-/m0/s1. The van der Waals surface area contributed by atoms with Gasteiger partial charge in [-0.05, 0) is 38.9 Å². The third-order valence-corrected chi connectivity index (χ3v) is 8.09. The van der Waals surface area contributed by atoms with Gasteiger partial charge in [0.15, 0.2) is 0 Å². The van der Waals surface area contributed by atoms with E-state index in [1.54, 1.807) is 6.92 Å². The lowest BCUT2D eigenvalue weighted by Crippen LogP contribution is -2.58. The van der Waals surface area contributed by atoms with E-state index >= 15 is 0 Å². The molecule has 2 aliphatic heterocycles. The molecule has 2 rings (SSSR count). The number of hydrogen-bond acceptors (Lipinski definition) is 8. The summed E-state index contributed by atoms with van der Waals surface area (Å²) >= 11 is 0. The fourth-order valence-electron chi connectivity index (χ4n) is 4.27. The minimum Gasteiger partial charge on any atom is -0.427 e. The van der Waals surface area contributed by atoms with Gasteiger partial charge in [0.25, 0.3) is 10.2 Å². The van der Waals surface area contributed by atoms with Crippen molar-refractivity contribution in [1.82, 2.24) is 13.9 Å². The molecule has 7 N–H and O–H groups in total. The molecule has 0 aliphatic carbocycles. The van der Waals surface area contributed by atoms with E-state index in [1.165, 1.54) is 8.61 Å². The first kappa shape index (κ1) is 26.5. The number of carbonyl (C=O) groups excluding carboxylic acids is 1. The maximum atomic E-state index is 13.6. The molecule has 2 saturated heterocycles. The van der Waals surface area contributed by atoms with Gasteiger partial charge in [0.05, 0.1) is 31.3 Å². The van der Waals surface area contributed by atoms with E-state index in [2.05, 4.69) is 5.32 Å². The first-order valence-electron chi connectivity index (χ1n) is 11.0. The highest BCUT2D eigenvalue weighted by molar-refractivity contribution is 7.86. The molecule has 0 aromatic carbocycles. The lowest BCUT2D eigenvalue weighted by atomic mass is 9.79. The topological polar surface area (TPSA) is 171 Å². The molecule has 2 fully saturated rings. The number of hydrogen-bond donors (Lipinski definition) is 5. The lowest BCUT2D eigenvalue weighted by molar-refractivity contribution is -0.122. The van der Waals surface area contributed by atoms with Crippen LogP contribution < -0.4 is 16.8 Å². The maximum Gasteiger partial charge on any atom is 0.451 e. The van der Waals surface area contributed by atoms with E-state index in [4.69, 9.17) is 26.3 Å². The van der Waals surface area contributed by atoms with Gasteiger partial charge in [0.2, 0.25) is 5.91 Å². The summed E-state index contributed by atoms with van der Waals surface area (Å²) < 4.78 is 35.6. The first-order chi connectivity index (χ1) is 14.4. The Hall–Kier alpha value is -0.795. The van der Waals surface area contributed by atoms with Gasteiger partial charge in [-0.1, -0.05) is 13.3 Å². The number of nitrogens with one attached hydrogen (secondary N) is 1. The minimum atomic E-state index is -3.86. The second kappa shape index (κ2) is 10.9. The fourth-order valence-corrected chi connectivity index (χ4v) is 6.34. The number of rotatable bonds is 11. The van der Waals surface area contributed by atoms with Gasteiger partial charge in [-0.25, -0.2) is 0 Å². The molecule has 1 amide bonds. The van der Waals surface area contributed by atoms with Gasteiger partial charge >= 0.3 is 7.12 Å². The summed E-state index contributed by atoms with van der Waals surface area (Å²) in [5.41, 5.74) is 11.4. The summed E-state index contributed by atoms with van der Waals surface area (Å²) in [4.78, 5) is 12.1. The van der Waals surface area contributed by atoms with E-state index in [0.29, 0.717) is 25.8 Å². The van der Waals surface area contributed by atoms with Crippen molar-refractivity contribution in [3.8, 4) is 0 Å². The van der Waals surface area contributed by atoms with Crippen LogP contribution in [0.15, 0.2) is 0 Å². The highest BCUT2D eigenvalue weighted by atomic mass is 32.2. The van der Waals surface area contributed by atoms with Crippen molar-refractivity contribution in [1.29, 1.82) is 0 Å². The van der Waals surface area contributed by atoms with E-state index in [0.717, 1.165) is 0 Å². The Morgan fingerprint density at radius 1 is 1.42 bits per heavy atom. The third-order valence-electron chi connectivity index (χ3n) is 6.12. The van der Waals surface area contributed by atoms with Crippen molar-refractivity contribution in [2.45, 2.75) is 70.0 Å². The van der Waals surface area contributed by atoms with Gasteiger partial charge in [-0.15, -0.1) is 0 Å². The predicted octanol–water partition coefficient (Wildman–Crippen LogP) is -1.92. The van der Waals surface area contributed by atoms with Gasteiger partial charge in [0.1, 0.15) is 0 Å². The van der Waals surface area contributed by atoms with Crippen molar-refractivity contribution >= 4 is 23.2 Å². The molecular weight excluding hydrogens is 425 g/mol. The molecule has 0 saturated carbocycles. The number of nitrogens with two attached hydrogens (primary N) is 2. The molecule has 0 spiro atoms. The Morgan fingerprint density at radius 3 is 2.68 bits per heavy atom. The Bertz CT molecular complexity index is 708. The molecular formula is C18H38BN5O6S. The van der Waals surface area contributed by atoms with E-state index in [9.17, 15) is 13.2 Å². The normalized spacial score (nSPS) is 30.6. The molecule has 5 atom stereocenters. The predicted molar refractivity (Wildman–Crippen MR) is 118 cm³/mol. The minimum absolute atomic E-state index is 0.0991. The number of amides is 1. The largest absolute Gasteiger partial charge is 0.451 e. The fraction of sp³-hybridized carbons (Fsp3) is 0.944. The first-order valence-corrected chi connectivity index (χ1v) is 12.4. The lowest BCUT2D eigenvalue weighted by Gasteiger charge is -2.34. The van der Waals surface area contributed by atoms with Crippen molar-refractivity contribution < 1.29 is 28.0 Å². The van der Waals surface area contributed by atoms with Crippen molar-refractivity contribution in [2.75, 3.05) is 32.8 Å². The van der Waals surface area contributed by atoms with Gasteiger partial charge in [-0.2, -0.15) is 17.0 Å². The molecule has 0 radical (unpaired) electrons. The smallest absolute Gasteiger partial charge is 0.427 e. The zero-order valence-electron chi connectivity index (χ0n) is 18.7. The molecule has 13 heteroatoms. The zero-order chi connectivity index (χ0) is 23.4. The van der Waals surface area contributed by atoms with Crippen LogP contribution in [0.3, 0.4) is 0 Å². The van der Waals surface area contributed by atoms with Crippen LogP contribution >= 0.6 is 0 Å². The van der Waals surface area contributed by atoms with Gasteiger partial charge < -0.3 is 31.6 Å². The van der Waals surface area contributed by atoms with Crippen LogP contribution in [-0.4, -0.2) is 96.6 Å². The summed E-state index contributed by atoms with van der Waals surface area (Å²) in [5, 5.41) is 21.0. The SMILES string of the molecule is CCCN(C1COCC1NC(=O)[C@H](C)N)S(=O)(=O)N1C[C@H](CCCB(O)O)[C@@](C)(N)C1. The van der Waals surface area contributed by atoms with Crippen molar-refractivity contribution in [3.63, 3.8) is 0 Å². The summed E-state index contributed by atoms with van der Waals surface area (Å²) in [6.45, 7) is 6.44. The van der Waals surface area contributed by atoms with Crippen LogP contribution in [0.2, 0.25) is 6.32 Å². The second-order valence-corrected chi connectivity index (χ2v) is 10.9. The highest BCUT2D eigenvalue weighted by Gasteiger charge is 2.48. The monoisotopic (exact) mass is 463 g/mol. The van der Waals surface area contributed by atoms with E-state index in [-0.39, 0.29) is 44.4 Å². The van der Waals surface area contributed by atoms with Crippen LogP contribution in [0.25, 0.3) is 0 Å². The summed E-state index contributed by atoms with van der Waals surface area (Å²) in [6.07, 6.45) is 1.98. The molecule has 2 heterocycles. The highest BCUT2D eigenvalue weighted by Crippen LogP contribution is 2.33. The second-order valence-electron chi connectivity index (χ2n) is 9.03. The summed E-state index contributed by atoms with van der Waals surface area (Å²) in [6, 6.07) is -1.71. The molecule has 180 valence electrons. The Labute approximate surface area is 185 Å². The van der Waals surface area contributed by atoms with Crippen molar-refractivity contribution in [3.05, 3.63) is 0 Å². The van der Waals surface area contributed by atoms with Crippen LogP contribution in [0, 0.1) is 5.92 Å². The zero-order valence-corrected chi connectivity index (χ0v) is 19.6. The Kier molecular flexibility index (Phi) is 9.29. The Morgan fingerprint density at radius 2 is 2.10 bits per heavy atom. The number of ether oxygens (including phenoxy) is 1. The van der Waals surface area contributed by atoms with Crippen molar-refractivity contribution in [2.24, 2.45) is 17.4 Å². The average Bonchev–Trinajstić information content (AvgIpc) is 3.23. The van der Waals surface area contributed by atoms with Crippen LogP contribution in [0.5, 0.6) is 0 Å². The number of carbonyl (C=O) groups is 1. The molecule has 11 nitrogen and oxygen atoms in total. The molecule has 0 aromatic rings. The van der Waals surface area contributed by atoms with Gasteiger partial charge in [0, 0.05) is 25.2 Å². The van der Waals surface area contributed by atoms with Crippen LogP contribution in [-0.2, 0) is 19.7 Å². The summed E-state index contributed by atoms with van der Waals surface area (Å²) in [5.74, 6) is -0.450. The van der Waals surface area contributed by atoms with Crippen LogP contribution in [0.1, 0.15) is 40.0 Å². The number of nitrogens with zero attached hydrogens (tertiary/aromatic N) is 2. The summed E-state index contributed by atoms with van der Waals surface area (Å²) in [7, 11) is -5.23. The average molecular weight is 463 g/mol.